The molecule has 0 saturated carbocycles. The third-order valence-electron chi connectivity index (χ3n) is 1.83. The van der Waals surface area contributed by atoms with E-state index in [0.29, 0.717) is 13.0 Å². The van der Waals surface area contributed by atoms with Crippen molar-refractivity contribution in [2.24, 2.45) is 0 Å². The molecule has 0 aromatic heterocycles. The molecule has 0 aromatic rings. The number of esters is 1. The Bertz CT molecular complexity index is 221. The van der Waals surface area contributed by atoms with E-state index < -0.39 is 11.6 Å². The third-order valence-corrected chi connectivity index (χ3v) is 1.83. The predicted molar refractivity (Wildman–Crippen MR) is 58.4 cm³/mol. The SMILES string of the molecule is CCOC(=O)C=CC(CC(C)(C)F)NC. The van der Waals surface area contributed by atoms with Crippen LogP contribution in [0.4, 0.5) is 4.39 Å². The lowest BCUT2D eigenvalue weighted by Crippen LogP contribution is -2.30. The van der Waals surface area contributed by atoms with Crippen molar-refractivity contribution in [2.75, 3.05) is 13.7 Å². The predicted octanol–water partition coefficient (Wildman–Crippen LogP) is 1.83. The number of halogens is 1. The number of nitrogens with one attached hydrogen (secondary N) is 1. The van der Waals surface area contributed by atoms with Gasteiger partial charge in [-0.25, -0.2) is 9.18 Å². The van der Waals surface area contributed by atoms with Crippen LogP contribution in [-0.4, -0.2) is 31.3 Å². The normalized spacial score (nSPS) is 14.2. The van der Waals surface area contributed by atoms with E-state index in [1.165, 1.54) is 19.9 Å². The molecule has 3 nitrogen and oxygen atoms in total. The molecular formula is C11H20FNO2. The minimum Gasteiger partial charge on any atom is -0.463 e. The lowest BCUT2D eigenvalue weighted by Gasteiger charge is -2.19. The Balaban J connectivity index is 4.15. The molecule has 4 heteroatoms. The van der Waals surface area contributed by atoms with Crippen LogP contribution < -0.4 is 5.32 Å². The zero-order chi connectivity index (χ0) is 11.9. The summed E-state index contributed by atoms with van der Waals surface area (Å²) in [7, 11) is 1.73. The van der Waals surface area contributed by atoms with E-state index in [-0.39, 0.29) is 6.04 Å². The Kier molecular flexibility index (Phi) is 6.17. The van der Waals surface area contributed by atoms with Crippen LogP contribution in [0.25, 0.3) is 0 Å². The van der Waals surface area contributed by atoms with Crippen molar-refractivity contribution in [2.45, 2.75) is 38.9 Å². The first kappa shape index (κ1) is 14.1. The first-order valence-corrected chi connectivity index (χ1v) is 5.10. The number of likely N-dealkylation sites (N-methyl/N-ethyl adjacent to an activating group) is 1. The summed E-state index contributed by atoms with van der Waals surface area (Å²) in [5.74, 6) is -0.394. The second kappa shape index (κ2) is 6.56. The summed E-state index contributed by atoms with van der Waals surface area (Å²) in [5.41, 5.74) is -1.26. The van der Waals surface area contributed by atoms with Crippen molar-refractivity contribution in [1.29, 1.82) is 0 Å². The van der Waals surface area contributed by atoms with Gasteiger partial charge in [-0.3, -0.25) is 0 Å². The van der Waals surface area contributed by atoms with Gasteiger partial charge in [0.05, 0.1) is 6.61 Å². The van der Waals surface area contributed by atoms with Gasteiger partial charge < -0.3 is 10.1 Å². The van der Waals surface area contributed by atoms with Crippen LogP contribution in [0.5, 0.6) is 0 Å². The summed E-state index contributed by atoms with van der Waals surface area (Å²) in [6, 6.07) is -0.158. The molecule has 0 aliphatic rings. The summed E-state index contributed by atoms with van der Waals surface area (Å²) in [4.78, 5) is 11.0. The van der Waals surface area contributed by atoms with Crippen molar-refractivity contribution < 1.29 is 13.9 Å². The summed E-state index contributed by atoms with van der Waals surface area (Å²) in [5, 5.41) is 2.92. The van der Waals surface area contributed by atoms with E-state index >= 15 is 0 Å². The third kappa shape index (κ3) is 8.12. The number of hydrogen-bond donors (Lipinski definition) is 1. The first-order valence-electron chi connectivity index (χ1n) is 5.10. The minimum absolute atomic E-state index is 0.158. The maximum Gasteiger partial charge on any atom is 0.330 e. The lowest BCUT2D eigenvalue weighted by molar-refractivity contribution is -0.137. The second-order valence-corrected chi connectivity index (χ2v) is 3.93. The molecule has 0 heterocycles. The van der Waals surface area contributed by atoms with Gasteiger partial charge >= 0.3 is 5.97 Å². The number of hydrogen-bond acceptors (Lipinski definition) is 3. The van der Waals surface area contributed by atoms with Crippen molar-refractivity contribution in [3.63, 3.8) is 0 Å². The standard InChI is InChI=1S/C11H20FNO2/c1-5-15-10(14)7-6-9(13-4)8-11(2,3)12/h6-7,9,13H,5,8H2,1-4H3. The zero-order valence-corrected chi connectivity index (χ0v) is 9.84. The maximum atomic E-state index is 13.3. The minimum atomic E-state index is -1.26. The van der Waals surface area contributed by atoms with Crippen LogP contribution in [0.2, 0.25) is 0 Å². The molecule has 1 N–H and O–H groups in total. The zero-order valence-electron chi connectivity index (χ0n) is 9.84. The van der Waals surface area contributed by atoms with Gasteiger partial charge in [-0.15, -0.1) is 0 Å². The summed E-state index contributed by atoms with van der Waals surface area (Å²) < 4.78 is 18.0. The van der Waals surface area contributed by atoms with Crippen LogP contribution in [0, 0.1) is 0 Å². The van der Waals surface area contributed by atoms with Gasteiger partial charge in [0.1, 0.15) is 5.67 Å². The summed E-state index contributed by atoms with van der Waals surface area (Å²) in [6.07, 6.45) is 3.27. The smallest absolute Gasteiger partial charge is 0.330 e. The quantitative estimate of drug-likeness (QED) is 0.545. The molecule has 0 rings (SSSR count). The maximum absolute atomic E-state index is 13.3. The number of ether oxygens (including phenoxy) is 1. The van der Waals surface area contributed by atoms with E-state index in [9.17, 15) is 9.18 Å². The van der Waals surface area contributed by atoms with Gasteiger partial charge in [0.25, 0.3) is 0 Å². The highest BCUT2D eigenvalue weighted by atomic mass is 19.1. The fourth-order valence-corrected chi connectivity index (χ4v) is 1.17. The molecule has 0 aromatic carbocycles. The van der Waals surface area contributed by atoms with Crippen molar-refractivity contribution in [3.8, 4) is 0 Å². The molecule has 0 fully saturated rings. The molecule has 88 valence electrons. The van der Waals surface area contributed by atoms with Gasteiger partial charge in [0, 0.05) is 12.1 Å². The molecule has 0 radical (unpaired) electrons. The number of rotatable bonds is 6. The molecule has 0 saturated heterocycles. The highest BCUT2D eigenvalue weighted by Gasteiger charge is 2.19. The Labute approximate surface area is 90.7 Å². The van der Waals surface area contributed by atoms with Crippen molar-refractivity contribution in [1.82, 2.24) is 5.32 Å². The average molecular weight is 217 g/mol. The number of carbonyl (C=O) groups excluding carboxylic acids is 1. The largest absolute Gasteiger partial charge is 0.463 e. The van der Waals surface area contributed by atoms with Crippen LogP contribution in [0.1, 0.15) is 27.2 Å². The molecule has 15 heavy (non-hydrogen) atoms. The Morgan fingerprint density at radius 1 is 1.60 bits per heavy atom. The molecule has 1 unspecified atom stereocenters. The molecule has 0 amide bonds. The molecule has 0 aliphatic heterocycles. The fourth-order valence-electron chi connectivity index (χ4n) is 1.17. The highest BCUT2D eigenvalue weighted by Crippen LogP contribution is 2.16. The molecular weight excluding hydrogens is 197 g/mol. The van der Waals surface area contributed by atoms with E-state index in [4.69, 9.17) is 4.74 Å². The molecule has 0 spiro atoms. The average Bonchev–Trinajstić information content (AvgIpc) is 2.11. The van der Waals surface area contributed by atoms with E-state index in [2.05, 4.69) is 5.32 Å². The number of carbonyl (C=O) groups is 1. The van der Waals surface area contributed by atoms with Crippen molar-refractivity contribution in [3.05, 3.63) is 12.2 Å². The van der Waals surface area contributed by atoms with Crippen LogP contribution in [0.3, 0.4) is 0 Å². The van der Waals surface area contributed by atoms with E-state index in [0.717, 1.165) is 0 Å². The molecule has 0 aliphatic carbocycles. The van der Waals surface area contributed by atoms with Gasteiger partial charge in [0.15, 0.2) is 0 Å². The van der Waals surface area contributed by atoms with Gasteiger partial charge in [-0.2, -0.15) is 0 Å². The van der Waals surface area contributed by atoms with Crippen LogP contribution in [0.15, 0.2) is 12.2 Å². The highest BCUT2D eigenvalue weighted by molar-refractivity contribution is 5.81. The lowest BCUT2D eigenvalue weighted by atomic mass is 10.0. The van der Waals surface area contributed by atoms with Crippen LogP contribution >= 0.6 is 0 Å². The Morgan fingerprint density at radius 3 is 2.60 bits per heavy atom. The number of alkyl halides is 1. The molecule has 1 atom stereocenters. The molecule has 0 bridgehead atoms. The van der Waals surface area contributed by atoms with Crippen molar-refractivity contribution >= 4 is 5.97 Å². The summed E-state index contributed by atoms with van der Waals surface area (Å²) in [6.45, 7) is 5.11. The fraction of sp³-hybridized carbons (Fsp3) is 0.727. The monoisotopic (exact) mass is 217 g/mol. The topological polar surface area (TPSA) is 38.3 Å². The Hall–Kier alpha value is -0.900. The van der Waals surface area contributed by atoms with Gasteiger partial charge in [-0.05, 0) is 34.2 Å². The summed E-state index contributed by atoms with van der Waals surface area (Å²) >= 11 is 0. The second-order valence-electron chi connectivity index (χ2n) is 3.93. The van der Waals surface area contributed by atoms with E-state index in [1.807, 2.05) is 0 Å². The first-order chi connectivity index (χ1) is 6.89. The van der Waals surface area contributed by atoms with Gasteiger partial charge in [-0.1, -0.05) is 6.08 Å². The van der Waals surface area contributed by atoms with Gasteiger partial charge in [0.2, 0.25) is 0 Å². The Morgan fingerprint density at radius 2 is 2.20 bits per heavy atom. The van der Waals surface area contributed by atoms with Crippen LogP contribution in [-0.2, 0) is 9.53 Å². The van der Waals surface area contributed by atoms with E-state index in [1.54, 1.807) is 20.0 Å².